The fourth-order valence-electron chi connectivity index (χ4n) is 2.49. The smallest absolute Gasteiger partial charge is 0.337 e. The third kappa shape index (κ3) is 3.60. The van der Waals surface area contributed by atoms with E-state index in [1.165, 1.54) is 17.0 Å². The highest BCUT2D eigenvalue weighted by atomic mass is 35.5. The van der Waals surface area contributed by atoms with Crippen molar-refractivity contribution in [3.8, 4) is 18.1 Å². The molecule has 0 N–H and O–H groups in total. The Hall–Kier alpha value is -2.16. The van der Waals surface area contributed by atoms with Crippen molar-refractivity contribution in [1.29, 1.82) is 0 Å². The molecule has 7 heteroatoms. The number of imide groups is 1. The number of nitrogens with zero attached hydrogens (tertiary/aromatic N) is 2. The van der Waals surface area contributed by atoms with E-state index in [-0.39, 0.29) is 29.1 Å². The van der Waals surface area contributed by atoms with Crippen molar-refractivity contribution in [2.24, 2.45) is 0 Å². The molecule has 132 valence electrons. The van der Waals surface area contributed by atoms with E-state index in [2.05, 4.69) is 5.92 Å². The van der Waals surface area contributed by atoms with Crippen LogP contribution in [0.3, 0.4) is 0 Å². The lowest BCUT2D eigenvalue weighted by atomic mass is 10.2. The molecule has 0 saturated carbocycles. The van der Waals surface area contributed by atoms with Gasteiger partial charge in [0.1, 0.15) is 11.4 Å². The summed E-state index contributed by atoms with van der Waals surface area (Å²) >= 11 is 12.4. The number of hydrogen-bond donors (Lipinski definition) is 0. The maximum atomic E-state index is 12.8. The standard InChI is InChI=1S/C18H18Cl2N2O3/c1-6-7-21-16(10(2)3)17(23)22(18(21)24)14-9-15(25-11(4)5)13(20)8-12(14)19/h1,8-9,11H,7H2,2-5H3. The van der Waals surface area contributed by atoms with Crippen LogP contribution in [0.1, 0.15) is 27.7 Å². The van der Waals surface area contributed by atoms with Gasteiger partial charge in [-0.3, -0.25) is 9.69 Å². The van der Waals surface area contributed by atoms with Gasteiger partial charge in [0.15, 0.2) is 0 Å². The molecule has 0 spiro atoms. The predicted molar refractivity (Wildman–Crippen MR) is 99.0 cm³/mol. The van der Waals surface area contributed by atoms with Crippen LogP contribution in [0, 0.1) is 12.3 Å². The zero-order valence-corrected chi connectivity index (χ0v) is 15.9. The van der Waals surface area contributed by atoms with Crippen LogP contribution < -0.4 is 9.64 Å². The lowest BCUT2D eigenvalue weighted by Crippen LogP contribution is -2.33. The number of benzene rings is 1. The van der Waals surface area contributed by atoms with Crippen molar-refractivity contribution in [1.82, 2.24) is 4.90 Å². The number of urea groups is 1. The molecule has 0 bridgehead atoms. The first-order chi connectivity index (χ1) is 11.7. The third-order valence-electron chi connectivity index (χ3n) is 3.43. The second-order valence-corrected chi connectivity index (χ2v) is 6.78. The molecule has 0 radical (unpaired) electrons. The van der Waals surface area contributed by atoms with Gasteiger partial charge in [-0.1, -0.05) is 29.1 Å². The molecule has 1 aliphatic heterocycles. The second-order valence-electron chi connectivity index (χ2n) is 5.96. The van der Waals surface area contributed by atoms with Crippen molar-refractivity contribution in [3.05, 3.63) is 33.4 Å². The maximum Gasteiger partial charge on any atom is 0.337 e. The van der Waals surface area contributed by atoms with Gasteiger partial charge in [0.2, 0.25) is 0 Å². The molecule has 1 saturated heterocycles. The summed E-state index contributed by atoms with van der Waals surface area (Å²) in [7, 11) is 0. The molecular formula is C18H18Cl2N2O3. The quantitative estimate of drug-likeness (QED) is 0.439. The van der Waals surface area contributed by atoms with E-state index in [0.717, 1.165) is 4.90 Å². The van der Waals surface area contributed by atoms with Crippen LogP contribution in [0.15, 0.2) is 23.4 Å². The van der Waals surface area contributed by atoms with Gasteiger partial charge in [0, 0.05) is 6.07 Å². The molecule has 3 amide bonds. The van der Waals surface area contributed by atoms with E-state index in [4.69, 9.17) is 34.4 Å². The van der Waals surface area contributed by atoms with Crippen LogP contribution in [0.5, 0.6) is 5.75 Å². The Morgan fingerprint density at radius 2 is 1.88 bits per heavy atom. The Balaban J connectivity index is 2.58. The molecule has 5 nitrogen and oxygen atoms in total. The normalized spacial score (nSPS) is 14.4. The van der Waals surface area contributed by atoms with Crippen molar-refractivity contribution >= 4 is 40.8 Å². The number of rotatable bonds is 4. The molecule has 0 atom stereocenters. The molecular weight excluding hydrogens is 363 g/mol. The van der Waals surface area contributed by atoms with Crippen LogP contribution in [0.25, 0.3) is 0 Å². The van der Waals surface area contributed by atoms with Crippen molar-refractivity contribution in [2.75, 3.05) is 11.4 Å². The van der Waals surface area contributed by atoms with Gasteiger partial charge in [-0.2, -0.15) is 0 Å². The largest absolute Gasteiger partial charge is 0.489 e. The zero-order chi connectivity index (χ0) is 18.9. The molecule has 0 aliphatic carbocycles. The number of hydrogen-bond acceptors (Lipinski definition) is 3. The Kier molecular flexibility index (Phi) is 5.66. The summed E-state index contributed by atoms with van der Waals surface area (Å²) in [5.41, 5.74) is 1.13. The SMILES string of the molecule is C#CCN1C(=O)N(c2cc(OC(C)C)c(Cl)cc2Cl)C(=O)C1=C(C)C. The molecule has 2 rings (SSSR count). The van der Waals surface area contributed by atoms with Crippen LogP contribution in [0.2, 0.25) is 10.0 Å². The Labute approximate surface area is 157 Å². The minimum Gasteiger partial charge on any atom is -0.489 e. The number of allylic oxidation sites excluding steroid dienone is 1. The van der Waals surface area contributed by atoms with Gasteiger partial charge in [-0.15, -0.1) is 6.42 Å². The lowest BCUT2D eigenvalue weighted by Gasteiger charge is -2.19. The number of amides is 3. The van der Waals surface area contributed by atoms with E-state index in [9.17, 15) is 9.59 Å². The van der Waals surface area contributed by atoms with Gasteiger partial charge in [-0.25, -0.2) is 9.69 Å². The third-order valence-corrected chi connectivity index (χ3v) is 4.02. The highest BCUT2D eigenvalue weighted by molar-refractivity contribution is 6.39. The molecule has 1 aromatic carbocycles. The summed E-state index contributed by atoms with van der Waals surface area (Å²) in [5, 5.41) is 0.461. The molecule has 1 aromatic rings. The highest BCUT2D eigenvalue weighted by Crippen LogP contribution is 2.40. The Morgan fingerprint density at radius 3 is 2.40 bits per heavy atom. The highest BCUT2D eigenvalue weighted by Gasteiger charge is 2.43. The first-order valence-corrected chi connectivity index (χ1v) is 8.37. The summed E-state index contributed by atoms with van der Waals surface area (Å²) in [6.45, 7) is 7.15. The number of halogens is 2. The number of anilines is 1. The average molecular weight is 381 g/mol. The second kappa shape index (κ2) is 7.38. The summed E-state index contributed by atoms with van der Waals surface area (Å²) in [6.07, 6.45) is 5.20. The maximum absolute atomic E-state index is 12.8. The predicted octanol–water partition coefficient (Wildman–Crippen LogP) is 4.48. The van der Waals surface area contributed by atoms with Crippen LogP contribution in [-0.2, 0) is 4.79 Å². The van der Waals surface area contributed by atoms with Crippen LogP contribution in [0.4, 0.5) is 10.5 Å². The number of carbonyl (C=O) groups excluding carboxylic acids is 2. The first-order valence-electron chi connectivity index (χ1n) is 7.61. The fourth-order valence-corrected chi connectivity index (χ4v) is 3.01. The van der Waals surface area contributed by atoms with Gasteiger partial charge in [0.05, 0.1) is 28.4 Å². The number of carbonyl (C=O) groups is 2. The lowest BCUT2D eigenvalue weighted by molar-refractivity contribution is -0.114. The van der Waals surface area contributed by atoms with Gasteiger partial charge < -0.3 is 4.74 Å². The molecule has 25 heavy (non-hydrogen) atoms. The Bertz CT molecular complexity index is 805. The molecule has 0 unspecified atom stereocenters. The minimum atomic E-state index is -0.557. The fraction of sp³-hybridized carbons (Fsp3) is 0.333. The number of terminal acetylenes is 1. The van der Waals surface area contributed by atoms with E-state index >= 15 is 0 Å². The van der Waals surface area contributed by atoms with E-state index in [0.29, 0.717) is 16.3 Å². The Morgan fingerprint density at radius 1 is 1.24 bits per heavy atom. The van der Waals surface area contributed by atoms with Crippen molar-refractivity contribution in [2.45, 2.75) is 33.8 Å². The van der Waals surface area contributed by atoms with E-state index < -0.39 is 11.9 Å². The minimum absolute atomic E-state index is 0.0118. The van der Waals surface area contributed by atoms with Gasteiger partial charge in [-0.05, 0) is 39.3 Å². The van der Waals surface area contributed by atoms with Crippen molar-refractivity contribution < 1.29 is 14.3 Å². The topological polar surface area (TPSA) is 49.9 Å². The molecule has 1 fully saturated rings. The van der Waals surface area contributed by atoms with E-state index in [1.54, 1.807) is 13.8 Å². The first kappa shape index (κ1) is 19.2. The molecule has 1 aliphatic rings. The summed E-state index contributed by atoms with van der Waals surface area (Å²) in [5.74, 6) is 2.24. The summed E-state index contributed by atoms with van der Waals surface area (Å²) in [6, 6.07) is 2.38. The molecule has 1 heterocycles. The monoisotopic (exact) mass is 380 g/mol. The summed E-state index contributed by atoms with van der Waals surface area (Å²) in [4.78, 5) is 27.8. The van der Waals surface area contributed by atoms with Gasteiger partial charge >= 0.3 is 6.03 Å². The summed E-state index contributed by atoms with van der Waals surface area (Å²) < 4.78 is 5.62. The zero-order valence-electron chi connectivity index (χ0n) is 14.4. The van der Waals surface area contributed by atoms with Gasteiger partial charge in [0.25, 0.3) is 5.91 Å². The molecule has 0 aromatic heterocycles. The number of ether oxygens (including phenoxy) is 1. The van der Waals surface area contributed by atoms with Crippen LogP contribution in [-0.4, -0.2) is 29.5 Å². The average Bonchev–Trinajstić information content (AvgIpc) is 2.73. The van der Waals surface area contributed by atoms with Crippen molar-refractivity contribution in [3.63, 3.8) is 0 Å². The van der Waals surface area contributed by atoms with E-state index in [1.807, 2.05) is 13.8 Å². The van der Waals surface area contributed by atoms with Crippen LogP contribution >= 0.6 is 23.2 Å².